The van der Waals surface area contributed by atoms with Crippen LogP contribution in [0.1, 0.15) is 57.9 Å². The van der Waals surface area contributed by atoms with Crippen LogP contribution in [0.2, 0.25) is 0 Å². The van der Waals surface area contributed by atoms with E-state index in [1.165, 1.54) is 12.1 Å². The fourth-order valence-corrected chi connectivity index (χ4v) is 7.90. The Morgan fingerprint density at radius 3 is 2.36 bits per heavy atom. The van der Waals surface area contributed by atoms with Gasteiger partial charge in [0.15, 0.2) is 23.3 Å². The van der Waals surface area contributed by atoms with Crippen molar-refractivity contribution >= 4 is 32.8 Å². The number of nitrogens with one attached hydrogen (secondary N) is 2. The standard InChI is InChI=1S/C32H35F3N6O3S/c1-18-7-11-24(12-8-18)45(43,44)40-17-26(25-13-21(33)14-27(34)29(25)40)30-36-16-28(35)31(39-30)37-22-5-4-6-23(15-22)38-32(42)41-19(2)9-10-20(41)3/h7-8,11-14,16-17,19-20,22-23H,4-6,9-10,15H2,1-3H3,(H,38,42)(H,36,37,39)/t19?,20?,22-,23+/m0/s1. The normalized spacial score (nSPS) is 22.1. The van der Waals surface area contributed by atoms with Crippen molar-refractivity contribution in [1.82, 2.24) is 24.2 Å². The molecule has 1 aliphatic heterocycles. The van der Waals surface area contributed by atoms with Gasteiger partial charge < -0.3 is 15.5 Å². The van der Waals surface area contributed by atoms with E-state index >= 15 is 8.78 Å². The number of aryl methyl sites for hydroxylation is 1. The number of halogens is 3. The van der Waals surface area contributed by atoms with Gasteiger partial charge in [0.05, 0.1) is 11.1 Å². The van der Waals surface area contributed by atoms with Crippen LogP contribution in [0.25, 0.3) is 22.3 Å². The van der Waals surface area contributed by atoms with E-state index in [1.807, 2.05) is 18.7 Å². The molecule has 238 valence electrons. The summed E-state index contributed by atoms with van der Waals surface area (Å²) in [5.74, 6) is -2.97. The van der Waals surface area contributed by atoms with Crippen LogP contribution in [0.3, 0.4) is 0 Å². The zero-order valence-electron chi connectivity index (χ0n) is 25.2. The lowest BCUT2D eigenvalue weighted by Crippen LogP contribution is -2.50. The number of nitrogens with zero attached hydrogens (tertiary/aromatic N) is 4. The molecule has 13 heteroatoms. The van der Waals surface area contributed by atoms with Crippen molar-refractivity contribution in [2.24, 2.45) is 0 Å². The predicted molar refractivity (Wildman–Crippen MR) is 165 cm³/mol. The Bertz CT molecular complexity index is 1850. The first-order valence-corrected chi connectivity index (χ1v) is 16.6. The topological polar surface area (TPSA) is 109 Å². The van der Waals surface area contributed by atoms with Gasteiger partial charge in [0.2, 0.25) is 0 Å². The average Bonchev–Trinajstić information content (AvgIpc) is 3.54. The van der Waals surface area contributed by atoms with Gasteiger partial charge >= 0.3 is 6.03 Å². The fraction of sp³-hybridized carbons (Fsp3) is 0.406. The second kappa shape index (κ2) is 12.0. The predicted octanol–water partition coefficient (Wildman–Crippen LogP) is 6.37. The molecule has 2 aliphatic rings. The highest BCUT2D eigenvalue weighted by Crippen LogP contribution is 2.35. The SMILES string of the molecule is Cc1ccc(S(=O)(=O)n2cc(-c3ncc(F)c(N[C@H]4CCC[C@@H](NC(=O)N5C(C)CCC5C)C4)n3)c3cc(F)cc(F)c32)cc1. The van der Waals surface area contributed by atoms with Crippen LogP contribution in [0.5, 0.6) is 0 Å². The van der Waals surface area contributed by atoms with Crippen LogP contribution in [0, 0.1) is 24.4 Å². The number of hydrogen-bond acceptors (Lipinski definition) is 6. The molecule has 0 spiro atoms. The first-order chi connectivity index (χ1) is 21.4. The summed E-state index contributed by atoms with van der Waals surface area (Å²) < 4.78 is 72.6. The van der Waals surface area contributed by atoms with Crippen molar-refractivity contribution in [1.29, 1.82) is 0 Å². The number of carbonyl (C=O) groups is 1. The van der Waals surface area contributed by atoms with E-state index in [0.29, 0.717) is 18.9 Å². The van der Waals surface area contributed by atoms with Gasteiger partial charge in [-0.05, 0) is 77.5 Å². The number of rotatable bonds is 6. The van der Waals surface area contributed by atoms with Crippen LogP contribution in [-0.2, 0) is 10.0 Å². The molecule has 2 amide bonds. The van der Waals surface area contributed by atoms with Crippen molar-refractivity contribution in [3.63, 3.8) is 0 Å². The third kappa shape index (κ3) is 5.97. The quantitative estimate of drug-likeness (QED) is 0.254. The molecule has 0 bridgehead atoms. The lowest BCUT2D eigenvalue weighted by Gasteiger charge is -2.34. The summed E-state index contributed by atoms with van der Waals surface area (Å²) in [6.07, 6.45) is 6.86. The zero-order chi connectivity index (χ0) is 32.0. The maximum absolute atomic E-state index is 15.2. The smallest absolute Gasteiger partial charge is 0.318 e. The molecule has 2 fully saturated rings. The zero-order valence-corrected chi connectivity index (χ0v) is 26.0. The van der Waals surface area contributed by atoms with Crippen molar-refractivity contribution in [3.8, 4) is 11.4 Å². The Labute approximate surface area is 259 Å². The van der Waals surface area contributed by atoms with Gasteiger partial charge in [-0.15, -0.1) is 0 Å². The largest absolute Gasteiger partial charge is 0.365 e. The van der Waals surface area contributed by atoms with Crippen LogP contribution in [0.15, 0.2) is 53.7 Å². The van der Waals surface area contributed by atoms with Crippen molar-refractivity contribution in [2.75, 3.05) is 5.32 Å². The van der Waals surface area contributed by atoms with E-state index in [4.69, 9.17) is 0 Å². The maximum atomic E-state index is 15.2. The molecule has 2 aromatic heterocycles. The summed E-state index contributed by atoms with van der Waals surface area (Å²) >= 11 is 0. The minimum atomic E-state index is -4.30. The molecule has 3 heterocycles. The van der Waals surface area contributed by atoms with Crippen molar-refractivity contribution in [2.45, 2.75) is 88.4 Å². The summed E-state index contributed by atoms with van der Waals surface area (Å²) in [5.41, 5.74) is 0.481. The molecule has 45 heavy (non-hydrogen) atoms. The molecule has 2 aromatic carbocycles. The number of carbonyl (C=O) groups excluding carboxylic acids is 1. The lowest BCUT2D eigenvalue weighted by atomic mass is 9.91. The second-order valence-corrected chi connectivity index (χ2v) is 14.0. The average molecular weight is 641 g/mol. The Morgan fingerprint density at radius 2 is 1.64 bits per heavy atom. The minimum absolute atomic E-state index is 0.0183. The molecule has 1 saturated heterocycles. The summed E-state index contributed by atoms with van der Waals surface area (Å²) in [6.45, 7) is 5.89. The molecular formula is C32H35F3N6O3S. The third-order valence-corrected chi connectivity index (χ3v) is 10.6. The Morgan fingerprint density at radius 1 is 0.956 bits per heavy atom. The first kappa shape index (κ1) is 30.9. The molecule has 2 N–H and O–H groups in total. The molecule has 1 aliphatic carbocycles. The Balaban J connectivity index is 1.29. The highest BCUT2D eigenvalue weighted by Gasteiger charge is 2.34. The van der Waals surface area contributed by atoms with Gasteiger partial charge in [-0.1, -0.05) is 17.7 Å². The summed E-state index contributed by atoms with van der Waals surface area (Å²) in [7, 11) is -4.30. The number of anilines is 1. The molecule has 0 radical (unpaired) electrons. The van der Waals surface area contributed by atoms with Crippen molar-refractivity contribution in [3.05, 3.63) is 71.8 Å². The number of hydrogen-bond donors (Lipinski definition) is 2. The van der Waals surface area contributed by atoms with Gasteiger partial charge in [-0.25, -0.2) is 40.3 Å². The van der Waals surface area contributed by atoms with E-state index in [9.17, 15) is 17.6 Å². The van der Waals surface area contributed by atoms with Gasteiger partial charge in [0, 0.05) is 47.4 Å². The molecule has 9 nitrogen and oxygen atoms in total. The van der Waals surface area contributed by atoms with E-state index in [0.717, 1.165) is 53.7 Å². The number of likely N-dealkylation sites (tertiary alicyclic amines) is 1. The molecule has 4 aromatic rings. The van der Waals surface area contributed by atoms with E-state index in [2.05, 4.69) is 20.6 Å². The van der Waals surface area contributed by atoms with E-state index in [1.54, 1.807) is 19.1 Å². The summed E-state index contributed by atoms with van der Waals surface area (Å²) in [5, 5.41) is 6.19. The number of urea groups is 1. The summed E-state index contributed by atoms with van der Waals surface area (Å²) in [6, 6.07) is 7.58. The van der Waals surface area contributed by atoms with Gasteiger partial charge in [0.1, 0.15) is 11.3 Å². The fourth-order valence-electron chi connectivity index (χ4n) is 6.53. The van der Waals surface area contributed by atoms with Crippen molar-refractivity contribution < 1.29 is 26.4 Å². The van der Waals surface area contributed by atoms with Crippen LogP contribution >= 0.6 is 0 Å². The Hall–Kier alpha value is -4.13. The first-order valence-electron chi connectivity index (χ1n) is 15.1. The van der Waals surface area contributed by atoms with E-state index in [-0.39, 0.29) is 63.2 Å². The Kier molecular flexibility index (Phi) is 8.23. The number of benzene rings is 2. The van der Waals surface area contributed by atoms with Gasteiger partial charge in [0.25, 0.3) is 10.0 Å². The number of aromatic nitrogens is 3. The molecule has 4 atom stereocenters. The number of amides is 2. The molecule has 2 unspecified atom stereocenters. The highest BCUT2D eigenvalue weighted by molar-refractivity contribution is 7.90. The lowest BCUT2D eigenvalue weighted by molar-refractivity contribution is 0.172. The summed E-state index contributed by atoms with van der Waals surface area (Å²) in [4.78, 5) is 23.2. The third-order valence-electron chi connectivity index (χ3n) is 8.88. The highest BCUT2D eigenvalue weighted by atomic mass is 32.2. The van der Waals surface area contributed by atoms with Crippen LogP contribution in [0.4, 0.5) is 23.8 Å². The van der Waals surface area contributed by atoms with E-state index < -0.39 is 27.5 Å². The molecule has 1 saturated carbocycles. The van der Waals surface area contributed by atoms with Crippen LogP contribution < -0.4 is 10.6 Å². The van der Waals surface area contributed by atoms with Gasteiger partial charge in [-0.3, -0.25) is 0 Å². The number of fused-ring (bicyclic) bond motifs is 1. The van der Waals surface area contributed by atoms with Crippen LogP contribution in [-0.4, -0.2) is 57.5 Å². The second-order valence-electron chi connectivity index (χ2n) is 12.2. The molecular weight excluding hydrogens is 605 g/mol. The molecule has 6 rings (SSSR count). The van der Waals surface area contributed by atoms with Gasteiger partial charge in [-0.2, -0.15) is 0 Å². The maximum Gasteiger partial charge on any atom is 0.318 e. The minimum Gasteiger partial charge on any atom is -0.365 e. The monoisotopic (exact) mass is 640 g/mol.